The average Bonchev–Trinajstić information content (AvgIpc) is 2.61. The van der Waals surface area contributed by atoms with Gasteiger partial charge in [0.25, 0.3) is 0 Å². The van der Waals surface area contributed by atoms with Crippen molar-refractivity contribution in [3.63, 3.8) is 0 Å². The molecule has 0 fully saturated rings. The molecule has 0 aromatic carbocycles. The Morgan fingerprint density at radius 3 is 2.73 bits per heavy atom. The molecule has 4 heteroatoms. The van der Waals surface area contributed by atoms with Crippen molar-refractivity contribution in [1.82, 2.24) is 4.90 Å². The van der Waals surface area contributed by atoms with Gasteiger partial charge in [-0.15, -0.1) is 0 Å². The molecule has 0 bridgehead atoms. The fourth-order valence-electron chi connectivity index (χ4n) is 1.45. The summed E-state index contributed by atoms with van der Waals surface area (Å²) in [5, 5.41) is 9.34. The number of furan rings is 1. The molecule has 0 spiro atoms. The summed E-state index contributed by atoms with van der Waals surface area (Å²) in [4.78, 5) is 2.17. The summed E-state index contributed by atoms with van der Waals surface area (Å²) in [6.07, 6.45) is 2.29. The highest BCUT2D eigenvalue weighted by Gasteiger charge is 2.07. The van der Waals surface area contributed by atoms with Gasteiger partial charge in [-0.25, -0.2) is 0 Å². The second-order valence-electron chi connectivity index (χ2n) is 3.56. The maximum absolute atomic E-state index is 8.92. The van der Waals surface area contributed by atoms with Crippen LogP contribution in [0.5, 0.6) is 0 Å². The van der Waals surface area contributed by atoms with Gasteiger partial charge in [0.05, 0.1) is 13.2 Å². The molecule has 0 saturated heterocycles. The summed E-state index contributed by atoms with van der Waals surface area (Å²) in [6, 6.07) is 3.62. The number of unbranched alkanes of at least 4 members (excludes halogenated alkanes) is 1. The molecule has 0 amide bonds. The molecule has 0 aliphatic carbocycles. The van der Waals surface area contributed by atoms with E-state index < -0.39 is 0 Å². The van der Waals surface area contributed by atoms with Crippen LogP contribution < -0.4 is 0 Å². The maximum Gasteiger partial charge on any atom is 0.193 e. The van der Waals surface area contributed by atoms with Gasteiger partial charge in [0.2, 0.25) is 0 Å². The molecule has 0 radical (unpaired) electrons. The van der Waals surface area contributed by atoms with Crippen molar-refractivity contribution in [2.24, 2.45) is 0 Å². The van der Waals surface area contributed by atoms with Crippen molar-refractivity contribution in [3.05, 3.63) is 23.1 Å². The van der Waals surface area contributed by atoms with Gasteiger partial charge in [-0.2, -0.15) is 0 Å². The van der Waals surface area contributed by atoms with Gasteiger partial charge in [-0.05, 0) is 36.7 Å². The topological polar surface area (TPSA) is 36.6 Å². The van der Waals surface area contributed by atoms with E-state index >= 15 is 0 Å². The lowest BCUT2D eigenvalue weighted by Gasteiger charge is -2.19. The van der Waals surface area contributed by atoms with E-state index in [1.165, 1.54) is 0 Å². The van der Waals surface area contributed by atoms with Crippen molar-refractivity contribution in [2.75, 3.05) is 19.7 Å². The third-order valence-electron chi connectivity index (χ3n) is 2.25. The number of rotatable bonds is 7. The SMILES string of the molecule is CCCCN(CCO)Cc1ccc(Cl)o1. The van der Waals surface area contributed by atoms with Gasteiger partial charge < -0.3 is 9.52 Å². The summed E-state index contributed by atoms with van der Waals surface area (Å²) in [7, 11) is 0. The van der Waals surface area contributed by atoms with Crippen LogP contribution in [-0.4, -0.2) is 29.7 Å². The lowest BCUT2D eigenvalue weighted by molar-refractivity contribution is 0.179. The summed E-state index contributed by atoms with van der Waals surface area (Å²) in [6.45, 7) is 4.71. The minimum Gasteiger partial charge on any atom is -0.448 e. The lowest BCUT2D eigenvalue weighted by atomic mass is 10.3. The molecule has 1 aromatic rings. The van der Waals surface area contributed by atoms with Crippen molar-refractivity contribution in [2.45, 2.75) is 26.3 Å². The second-order valence-corrected chi connectivity index (χ2v) is 3.93. The second kappa shape index (κ2) is 6.88. The van der Waals surface area contributed by atoms with Crippen LogP contribution in [-0.2, 0) is 6.54 Å². The van der Waals surface area contributed by atoms with E-state index in [0.717, 1.165) is 25.1 Å². The molecule has 0 saturated carbocycles. The summed E-state index contributed by atoms with van der Waals surface area (Å²) in [5.74, 6) is 0.851. The summed E-state index contributed by atoms with van der Waals surface area (Å²) < 4.78 is 5.28. The average molecular weight is 232 g/mol. The monoisotopic (exact) mass is 231 g/mol. The number of hydrogen-bond donors (Lipinski definition) is 1. The quantitative estimate of drug-likeness (QED) is 0.784. The summed E-state index contributed by atoms with van der Waals surface area (Å²) in [5.41, 5.74) is 0. The Morgan fingerprint density at radius 1 is 1.40 bits per heavy atom. The number of halogens is 1. The molecule has 15 heavy (non-hydrogen) atoms. The fourth-order valence-corrected chi connectivity index (χ4v) is 1.61. The molecule has 1 aromatic heterocycles. The van der Waals surface area contributed by atoms with Gasteiger partial charge in [-0.1, -0.05) is 13.3 Å². The molecule has 3 nitrogen and oxygen atoms in total. The Kier molecular flexibility index (Phi) is 5.76. The largest absolute Gasteiger partial charge is 0.448 e. The van der Waals surface area contributed by atoms with Crippen LogP contribution in [0.1, 0.15) is 25.5 Å². The molecular weight excluding hydrogens is 214 g/mol. The molecule has 0 aliphatic heterocycles. The minimum atomic E-state index is 0.179. The molecule has 1 rings (SSSR count). The van der Waals surface area contributed by atoms with E-state index in [0.29, 0.717) is 18.3 Å². The number of nitrogens with zero attached hydrogens (tertiary/aromatic N) is 1. The lowest BCUT2D eigenvalue weighted by Crippen LogP contribution is -2.27. The first-order valence-electron chi connectivity index (χ1n) is 5.33. The van der Waals surface area contributed by atoms with E-state index in [1.54, 1.807) is 6.07 Å². The number of aliphatic hydroxyl groups excluding tert-OH is 1. The van der Waals surface area contributed by atoms with E-state index in [4.69, 9.17) is 21.1 Å². The van der Waals surface area contributed by atoms with Gasteiger partial charge in [0.1, 0.15) is 5.76 Å². The van der Waals surface area contributed by atoms with Crippen LogP contribution in [0, 0.1) is 0 Å². The fraction of sp³-hybridized carbons (Fsp3) is 0.636. The van der Waals surface area contributed by atoms with Crippen LogP contribution in [0.15, 0.2) is 16.5 Å². The van der Waals surface area contributed by atoms with Crippen LogP contribution >= 0.6 is 11.6 Å². The first-order chi connectivity index (χ1) is 7.26. The van der Waals surface area contributed by atoms with Crippen molar-refractivity contribution >= 4 is 11.6 Å². The van der Waals surface area contributed by atoms with Crippen molar-refractivity contribution in [3.8, 4) is 0 Å². The van der Waals surface area contributed by atoms with Crippen LogP contribution in [0.4, 0.5) is 0 Å². The third kappa shape index (κ3) is 4.69. The Labute approximate surface area is 95.6 Å². The maximum atomic E-state index is 8.92. The number of hydrogen-bond acceptors (Lipinski definition) is 3. The highest BCUT2D eigenvalue weighted by molar-refractivity contribution is 6.28. The Morgan fingerprint density at radius 2 is 2.20 bits per heavy atom. The van der Waals surface area contributed by atoms with Crippen LogP contribution in [0.3, 0.4) is 0 Å². The van der Waals surface area contributed by atoms with Gasteiger partial charge >= 0.3 is 0 Å². The van der Waals surface area contributed by atoms with Crippen LogP contribution in [0.2, 0.25) is 5.22 Å². The highest BCUT2D eigenvalue weighted by atomic mass is 35.5. The van der Waals surface area contributed by atoms with E-state index in [1.807, 2.05) is 6.07 Å². The van der Waals surface area contributed by atoms with Gasteiger partial charge in [-0.3, -0.25) is 4.90 Å². The summed E-state index contributed by atoms with van der Waals surface area (Å²) >= 11 is 5.69. The smallest absolute Gasteiger partial charge is 0.193 e. The van der Waals surface area contributed by atoms with E-state index in [-0.39, 0.29) is 6.61 Å². The van der Waals surface area contributed by atoms with Gasteiger partial charge in [0.15, 0.2) is 5.22 Å². The number of aliphatic hydroxyl groups is 1. The zero-order chi connectivity index (χ0) is 11.1. The molecule has 0 unspecified atom stereocenters. The molecule has 1 N–H and O–H groups in total. The molecule has 0 aliphatic rings. The molecule has 0 atom stereocenters. The predicted octanol–water partition coefficient (Wildman–Crippen LogP) is 2.53. The Hall–Kier alpha value is -0.510. The first kappa shape index (κ1) is 12.6. The zero-order valence-electron chi connectivity index (χ0n) is 9.08. The van der Waals surface area contributed by atoms with Crippen molar-refractivity contribution in [1.29, 1.82) is 0 Å². The zero-order valence-corrected chi connectivity index (χ0v) is 9.83. The minimum absolute atomic E-state index is 0.179. The van der Waals surface area contributed by atoms with E-state index in [9.17, 15) is 0 Å². The normalized spacial score (nSPS) is 11.2. The Balaban J connectivity index is 2.42. The highest BCUT2D eigenvalue weighted by Crippen LogP contribution is 2.15. The first-order valence-corrected chi connectivity index (χ1v) is 5.71. The Bertz CT molecular complexity index is 275. The van der Waals surface area contributed by atoms with Crippen molar-refractivity contribution < 1.29 is 9.52 Å². The standard InChI is InChI=1S/C11H18ClNO2/c1-2-3-6-13(7-8-14)9-10-4-5-11(12)15-10/h4-5,14H,2-3,6-9H2,1H3. The molecule has 1 heterocycles. The van der Waals surface area contributed by atoms with Crippen LogP contribution in [0.25, 0.3) is 0 Å². The third-order valence-corrected chi connectivity index (χ3v) is 2.46. The van der Waals surface area contributed by atoms with E-state index in [2.05, 4.69) is 11.8 Å². The molecular formula is C11H18ClNO2. The van der Waals surface area contributed by atoms with Gasteiger partial charge in [0, 0.05) is 6.54 Å². The predicted molar refractivity (Wildman–Crippen MR) is 61.0 cm³/mol. The molecule has 86 valence electrons.